The first kappa shape index (κ1) is 15.7. The van der Waals surface area contributed by atoms with E-state index in [4.69, 9.17) is 0 Å². The fourth-order valence-corrected chi connectivity index (χ4v) is 1.81. The predicted octanol–water partition coefficient (Wildman–Crippen LogP) is 2.37. The standard InChI is InChI=1S/C16H26N2O/c1-13(2)12-18-16(19)14(3)17-11-7-10-15-8-5-4-6-9-15/h4-6,8-9,13-14,17H,7,10-12H2,1-3H3,(H,18,19). The summed E-state index contributed by atoms with van der Waals surface area (Å²) in [5.41, 5.74) is 1.35. The summed E-state index contributed by atoms with van der Waals surface area (Å²) < 4.78 is 0. The zero-order valence-corrected chi connectivity index (χ0v) is 12.3. The summed E-state index contributed by atoms with van der Waals surface area (Å²) in [4.78, 5) is 11.7. The first-order chi connectivity index (χ1) is 9.09. The Morgan fingerprint density at radius 3 is 2.47 bits per heavy atom. The minimum Gasteiger partial charge on any atom is -0.354 e. The van der Waals surface area contributed by atoms with Crippen LogP contribution in [0.15, 0.2) is 30.3 Å². The van der Waals surface area contributed by atoms with Gasteiger partial charge in [0.05, 0.1) is 6.04 Å². The summed E-state index contributed by atoms with van der Waals surface area (Å²) in [6.07, 6.45) is 2.10. The number of hydrogen-bond donors (Lipinski definition) is 2. The molecule has 0 saturated heterocycles. The molecule has 0 aliphatic heterocycles. The largest absolute Gasteiger partial charge is 0.354 e. The van der Waals surface area contributed by atoms with Gasteiger partial charge in [-0.3, -0.25) is 4.79 Å². The van der Waals surface area contributed by atoms with Gasteiger partial charge in [0.15, 0.2) is 0 Å². The van der Waals surface area contributed by atoms with Crippen LogP contribution in [0, 0.1) is 5.92 Å². The summed E-state index contributed by atoms with van der Waals surface area (Å²) in [7, 11) is 0. The van der Waals surface area contributed by atoms with E-state index in [9.17, 15) is 4.79 Å². The third-order valence-corrected chi connectivity index (χ3v) is 3.01. The second-order valence-corrected chi connectivity index (χ2v) is 5.40. The zero-order valence-electron chi connectivity index (χ0n) is 12.3. The molecule has 0 aliphatic carbocycles. The minimum absolute atomic E-state index is 0.0911. The molecule has 1 aromatic carbocycles. The van der Waals surface area contributed by atoms with Crippen LogP contribution in [-0.4, -0.2) is 25.0 Å². The van der Waals surface area contributed by atoms with E-state index in [0.29, 0.717) is 5.92 Å². The lowest BCUT2D eigenvalue weighted by molar-refractivity contribution is -0.122. The van der Waals surface area contributed by atoms with Gasteiger partial charge in [-0.25, -0.2) is 0 Å². The SMILES string of the molecule is CC(C)CNC(=O)C(C)NCCCc1ccccc1. The molecule has 1 aromatic rings. The van der Waals surface area contributed by atoms with Crippen molar-refractivity contribution in [2.24, 2.45) is 5.92 Å². The second-order valence-electron chi connectivity index (χ2n) is 5.40. The molecule has 0 aromatic heterocycles. The van der Waals surface area contributed by atoms with Gasteiger partial charge in [-0.15, -0.1) is 0 Å². The fraction of sp³-hybridized carbons (Fsp3) is 0.562. The summed E-state index contributed by atoms with van der Waals surface area (Å²) in [6.45, 7) is 7.72. The molecule has 106 valence electrons. The monoisotopic (exact) mass is 262 g/mol. The average molecular weight is 262 g/mol. The molecular formula is C16H26N2O. The number of amides is 1. The van der Waals surface area contributed by atoms with Crippen LogP contribution in [0.25, 0.3) is 0 Å². The van der Waals surface area contributed by atoms with Crippen LogP contribution in [0.4, 0.5) is 0 Å². The molecule has 0 fully saturated rings. The summed E-state index contributed by atoms with van der Waals surface area (Å²) in [5, 5.41) is 6.20. The third kappa shape index (κ3) is 6.97. The van der Waals surface area contributed by atoms with Gasteiger partial charge in [-0.2, -0.15) is 0 Å². The highest BCUT2D eigenvalue weighted by molar-refractivity contribution is 5.81. The van der Waals surface area contributed by atoms with Crippen LogP contribution >= 0.6 is 0 Å². The fourth-order valence-electron chi connectivity index (χ4n) is 1.81. The van der Waals surface area contributed by atoms with Gasteiger partial charge in [-0.05, 0) is 37.8 Å². The highest BCUT2D eigenvalue weighted by atomic mass is 16.2. The van der Waals surface area contributed by atoms with Gasteiger partial charge in [0, 0.05) is 6.54 Å². The first-order valence-corrected chi connectivity index (χ1v) is 7.14. The molecular weight excluding hydrogens is 236 g/mol. The Labute approximate surface area is 116 Å². The maximum absolute atomic E-state index is 11.7. The molecule has 0 saturated carbocycles. The Morgan fingerprint density at radius 1 is 1.16 bits per heavy atom. The molecule has 3 heteroatoms. The third-order valence-electron chi connectivity index (χ3n) is 3.01. The lowest BCUT2D eigenvalue weighted by Gasteiger charge is -2.15. The van der Waals surface area contributed by atoms with E-state index in [0.717, 1.165) is 25.9 Å². The lowest BCUT2D eigenvalue weighted by atomic mass is 10.1. The van der Waals surface area contributed by atoms with E-state index >= 15 is 0 Å². The summed E-state index contributed by atoms with van der Waals surface area (Å²) in [6, 6.07) is 10.3. The quantitative estimate of drug-likeness (QED) is 0.706. The Bertz CT molecular complexity index is 362. The molecule has 0 radical (unpaired) electrons. The van der Waals surface area contributed by atoms with Gasteiger partial charge < -0.3 is 10.6 Å². The van der Waals surface area contributed by atoms with Crippen molar-refractivity contribution in [3.63, 3.8) is 0 Å². The molecule has 0 spiro atoms. The van der Waals surface area contributed by atoms with Gasteiger partial charge in [0.25, 0.3) is 0 Å². The Hall–Kier alpha value is -1.35. The topological polar surface area (TPSA) is 41.1 Å². The predicted molar refractivity (Wildman–Crippen MR) is 80.1 cm³/mol. The average Bonchev–Trinajstić information content (AvgIpc) is 2.41. The smallest absolute Gasteiger partial charge is 0.236 e. The van der Waals surface area contributed by atoms with Crippen molar-refractivity contribution in [2.45, 2.75) is 39.7 Å². The normalized spacial score (nSPS) is 12.4. The summed E-state index contributed by atoms with van der Waals surface area (Å²) >= 11 is 0. The molecule has 1 rings (SSSR count). The Morgan fingerprint density at radius 2 is 1.84 bits per heavy atom. The van der Waals surface area contributed by atoms with Crippen molar-refractivity contribution in [3.8, 4) is 0 Å². The van der Waals surface area contributed by atoms with Gasteiger partial charge in [-0.1, -0.05) is 44.2 Å². The van der Waals surface area contributed by atoms with Crippen molar-refractivity contribution in [3.05, 3.63) is 35.9 Å². The highest BCUT2D eigenvalue weighted by Gasteiger charge is 2.11. The first-order valence-electron chi connectivity index (χ1n) is 7.14. The van der Waals surface area contributed by atoms with Gasteiger partial charge in [0.1, 0.15) is 0 Å². The molecule has 0 bridgehead atoms. The molecule has 2 N–H and O–H groups in total. The van der Waals surface area contributed by atoms with Crippen molar-refractivity contribution >= 4 is 5.91 Å². The number of hydrogen-bond acceptors (Lipinski definition) is 2. The Balaban J connectivity index is 2.13. The van der Waals surface area contributed by atoms with Crippen molar-refractivity contribution in [1.29, 1.82) is 0 Å². The van der Waals surface area contributed by atoms with Crippen molar-refractivity contribution in [1.82, 2.24) is 10.6 Å². The lowest BCUT2D eigenvalue weighted by Crippen LogP contribution is -2.43. The van der Waals surface area contributed by atoms with Gasteiger partial charge >= 0.3 is 0 Å². The number of aryl methyl sites for hydroxylation is 1. The number of nitrogens with one attached hydrogen (secondary N) is 2. The molecule has 19 heavy (non-hydrogen) atoms. The van der Waals surface area contributed by atoms with Crippen molar-refractivity contribution in [2.75, 3.05) is 13.1 Å². The summed E-state index contributed by atoms with van der Waals surface area (Å²) in [5.74, 6) is 0.586. The minimum atomic E-state index is -0.116. The van der Waals surface area contributed by atoms with Crippen LogP contribution in [0.5, 0.6) is 0 Å². The van der Waals surface area contributed by atoms with Gasteiger partial charge in [0.2, 0.25) is 5.91 Å². The van der Waals surface area contributed by atoms with E-state index in [2.05, 4.69) is 48.7 Å². The molecule has 1 atom stereocenters. The highest BCUT2D eigenvalue weighted by Crippen LogP contribution is 2.01. The zero-order chi connectivity index (χ0) is 14.1. The van der Waals surface area contributed by atoms with Crippen LogP contribution in [0.1, 0.15) is 32.8 Å². The number of rotatable bonds is 8. The maximum atomic E-state index is 11.7. The molecule has 0 aliphatic rings. The van der Waals surface area contributed by atoms with Crippen LogP contribution in [-0.2, 0) is 11.2 Å². The number of carbonyl (C=O) groups is 1. The second kappa shape index (κ2) is 8.70. The number of benzene rings is 1. The maximum Gasteiger partial charge on any atom is 0.236 e. The molecule has 1 amide bonds. The van der Waals surface area contributed by atoms with Crippen LogP contribution < -0.4 is 10.6 Å². The number of carbonyl (C=O) groups excluding carboxylic acids is 1. The van der Waals surface area contributed by atoms with E-state index < -0.39 is 0 Å². The molecule has 3 nitrogen and oxygen atoms in total. The van der Waals surface area contributed by atoms with Crippen LogP contribution in [0.2, 0.25) is 0 Å². The van der Waals surface area contributed by atoms with E-state index in [1.54, 1.807) is 0 Å². The Kier molecular flexibility index (Phi) is 7.19. The molecule has 0 heterocycles. The van der Waals surface area contributed by atoms with E-state index in [1.807, 2.05) is 13.0 Å². The molecule has 1 unspecified atom stereocenters. The van der Waals surface area contributed by atoms with E-state index in [-0.39, 0.29) is 11.9 Å². The van der Waals surface area contributed by atoms with Crippen molar-refractivity contribution < 1.29 is 4.79 Å². The van der Waals surface area contributed by atoms with Crippen LogP contribution in [0.3, 0.4) is 0 Å². The van der Waals surface area contributed by atoms with E-state index in [1.165, 1.54) is 5.56 Å².